The van der Waals surface area contributed by atoms with Crippen LogP contribution in [0.5, 0.6) is 0 Å². The van der Waals surface area contributed by atoms with Gasteiger partial charge in [-0.05, 0) is 19.6 Å². The zero-order chi connectivity index (χ0) is 11.9. The number of thioether (sulfide) groups is 1. The van der Waals surface area contributed by atoms with Gasteiger partial charge in [-0.25, -0.2) is 0 Å². The Morgan fingerprint density at radius 2 is 1.87 bits per heavy atom. The van der Waals surface area contributed by atoms with Gasteiger partial charge in [0.2, 0.25) is 8.32 Å². The fourth-order valence-corrected chi connectivity index (χ4v) is 1.83. The van der Waals surface area contributed by atoms with E-state index < -0.39 is 8.32 Å². The number of hydrogen-bond donors (Lipinski definition) is 0. The first-order chi connectivity index (χ1) is 6.81. The van der Waals surface area contributed by atoms with Gasteiger partial charge >= 0.3 is 5.97 Å². The van der Waals surface area contributed by atoms with Crippen molar-refractivity contribution in [2.24, 2.45) is 0 Å². The molecule has 0 aliphatic rings. The molecular formula is C10H16O3SSi. The fourth-order valence-electron chi connectivity index (χ4n) is 0.701. The number of carbonyl (C=O) groups excluding carboxylic acids is 2. The second kappa shape index (κ2) is 6.70. The molecule has 5 heteroatoms. The Balaban J connectivity index is 3.75. The largest absolute Gasteiger partial charge is 0.519 e. The molecule has 3 nitrogen and oxygen atoms in total. The molecule has 0 amide bonds. The fraction of sp³-hybridized carbons (Fsp3) is 0.600. The summed E-state index contributed by atoms with van der Waals surface area (Å²) in [5.41, 5.74) is 0. The van der Waals surface area contributed by atoms with Gasteiger partial charge in [0.15, 0.2) is 5.12 Å². The molecule has 0 aliphatic heterocycles. The summed E-state index contributed by atoms with van der Waals surface area (Å²) in [6.45, 7) is 7.34. The molecule has 0 saturated heterocycles. The molecule has 0 spiro atoms. The van der Waals surface area contributed by atoms with E-state index in [1.54, 1.807) is 0 Å². The molecule has 0 bridgehead atoms. The first-order valence-electron chi connectivity index (χ1n) is 4.62. The molecule has 0 aromatic rings. The molecule has 15 heavy (non-hydrogen) atoms. The SMILES string of the molecule is CC(=O)SCC#CCC(=O)O[Si](C)(C)C. The maximum Gasteiger partial charge on any atom is 0.304 e. The number of hydrogen-bond acceptors (Lipinski definition) is 4. The van der Waals surface area contributed by atoms with Crippen LogP contribution in [-0.2, 0) is 14.0 Å². The number of carbonyl (C=O) groups is 2. The Bertz CT molecular complexity index is 296. The van der Waals surface area contributed by atoms with E-state index in [1.165, 1.54) is 6.92 Å². The zero-order valence-electron chi connectivity index (χ0n) is 9.55. The smallest absolute Gasteiger partial charge is 0.304 e. The molecular weight excluding hydrogens is 228 g/mol. The maximum atomic E-state index is 11.2. The van der Waals surface area contributed by atoms with Crippen molar-refractivity contribution in [2.75, 3.05) is 5.75 Å². The van der Waals surface area contributed by atoms with Gasteiger partial charge in [-0.15, -0.1) is 0 Å². The predicted octanol–water partition coefficient (Wildman–Crippen LogP) is 2.04. The van der Waals surface area contributed by atoms with Crippen LogP contribution in [0.3, 0.4) is 0 Å². The van der Waals surface area contributed by atoms with E-state index in [-0.39, 0.29) is 17.5 Å². The van der Waals surface area contributed by atoms with Crippen molar-refractivity contribution in [1.29, 1.82) is 0 Å². The molecule has 0 N–H and O–H groups in total. The van der Waals surface area contributed by atoms with Crippen LogP contribution >= 0.6 is 11.8 Å². The Morgan fingerprint density at radius 1 is 1.27 bits per heavy atom. The number of rotatable bonds is 3. The molecule has 0 heterocycles. The van der Waals surface area contributed by atoms with Crippen LogP contribution in [0.15, 0.2) is 0 Å². The van der Waals surface area contributed by atoms with Crippen LogP contribution in [0, 0.1) is 11.8 Å². The third kappa shape index (κ3) is 11.2. The molecule has 84 valence electrons. The second-order valence-corrected chi connectivity index (χ2v) is 9.48. The lowest BCUT2D eigenvalue weighted by Crippen LogP contribution is -2.28. The van der Waals surface area contributed by atoms with Crippen molar-refractivity contribution < 1.29 is 14.0 Å². The summed E-state index contributed by atoms with van der Waals surface area (Å²) >= 11 is 1.14. The quantitative estimate of drug-likeness (QED) is 0.563. The molecule has 0 atom stereocenters. The average molecular weight is 244 g/mol. The molecule has 0 rings (SSSR count). The lowest BCUT2D eigenvalue weighted by Gasteiger charge is -2.15. The van der Waals surface area contributed by atoms with Crippen molar-refractivity contribution in [3.63, 3.8) is 0 Å². The molecule has 0 unspecified atom stereocenters. The van der Waals surface area contributed by atoms with Crippen molar-refractivity contribution in [3.8, 4) is 11.8 Å². The predicted molar refractivity (Wildman–Crippen MR) is 65.0 cm³/mol. The van der Waals surface area contributed by atoms with Crippen molar-refractivity contribution in [2.45, 2.75) is 33.0 Å². The Labute approximate surface area is 96.1 Å². The lowest BCUT2D eigenvalue weighted by atomic mass is 10.4. The third-order valence-corrected chi connectivity index (χ3v) is 2.66. The van der Waals surface area contributed by atoms with Gasteiger partial charge in [0.25, 0.3) is 0 Å². The van der Waals surface area contributed by atoms with E-state index in [0.29, 0.717) is 5.75 Å². The second-order valence-electron chi connectivity index (χ2n) is 3.90. The van der Waals surface area contributed by atoms with E-state index in [2.05, 4.69) is 11.8 Å². The van der Waals surface area contributed by atoms with Crippen LogP contribution in [0.4, 0.5) is 0 Å². The van der Waals surface area contributed by atoms with E-state index in [1.807, 2.05) is 19.6 Å². The molecule has 0 aromatic heterocycles. The highest BCUT2D eigenvalue weighted by molar-refractivity contribution is 8.13. The maximum absolute atomic E-state index is 11.2. The molecule has 0 aromatic carbocycles. The third-order valence-electron chi connectivity index (χ3n) is 1.13. The van der Waals surface area contributed by atoms with Gasteiger partial charge in [-0.2, -0.15) is 0 Å². The Kier molecular flexibility index (Phi) is 6.37. The normalized spacial score (nSPS) is 10.1. The summed E-state index contributed by atoms with van der Waals surface area (Å²) in [5, 5.41) is 0.0361. The Hall–Kier alpha value is -0.733. The van der Waals surface area contributed by atoms with E-state index in [4.69, 9.17) is 4.43 Å². The summed E-state index contributed by atoms with van der Waals surface area (Å²) in [4.78, 5) is 21.7. The molecule has 0 saturated carbocycles. The summed E-state index contributed by atoms with van der Waals surface area (Å²) in [7, 11) is -1.78. The first kappa shape index (κ1) is 14.3. The van der Waals surface area contributed by atoms with Crippen LogP contribution in [-0.4, -0.2) is 25.2 Å². The minimum absolute atomic E-state index is 0.0361. The van der Waals surface area contributed by atoms with Crippen molar-refractivity contribution in [1.82, 2.24) is 0 Å². The first-order valence-corrected chi connectivity index (χ1v) is 9.01. The standard InChI is InChI=1S/C10H16O3SSi/c1-9(11)14-8-6-5-7-10(12)13-15(2,3)4/h7-8H2,1-4H3. The average Bonchev–Trinajstić information content (AvgIpc) is 1.99. The minimum Gasteiger partial charge on any atom is -0.519 e. The topological polar surface area (TPSA) is 43.4 Å². The van der Waals surface area contributed by atoms with Crippen LogP contribution in [0.1, 0.15) is 13.3 Å². The monoisotopic (exact) mass is 244 g/mol. The Morgan fingerprint density at radius 3 is 2.33 bits per heavy atom. The minimum atomic E-state index is -1.78. The highest BCUT2D eigenvalue weighted by atomic mass is 32.2. The highest BCUT2D eigenvalue weighted by Gasteiger charge is 2.18. The molecule has 0 aliphatic carbocycles. The van der Waals surface area contributed by atoms with Crippen LogP contribution in [0.2, 0.25) is 19.6 Å². The van der Waals surface area contributed by atoms with Gasteiger partial charge in [0, 0.05) is 6.92 Å². The van der Waals surface area contributed by atoms with Crippen molar-refractivity contribution in [3.05, 3.63) is 0 Å². The molecule has 0 radical (unpaired) electrons. The summed E-state index contributed by atoms with van der Waals surface area (Å²) in [6, 6.07) is 0. The van der Waals surface area contributed by atoms with Gasteiger partial charge in [-0.3, -0.25) is 9.59 Å². The highest BCUT2D eigenvalue weighted by Crippen LogP contribution is 2.04. The van der Waals surface area contributed by atoms with Crippen LogP contribution < -0.4 is 0 Å². The zero-order valence-corrected chi connectivity index (χ0v) is 11.4. The summed E-state index contributed by atoms with van der Waals surface area (Å²) in [6.07, 6.45) is 0.114. The van der Waals surface area contributed by atoms with Crippen LogP contribution in [0.25, 0.3) is 0 Å². The van der Waals surface area contributed by atoms with Gasteiger partial charge in [-0.1, -0.05) is 23.6 Å². The van der Waals surface area contributed by atoms with Gasteiger partial charge in [0.1, 0.15) is 6.42 Å². The summed E-state index contributed by atoms with van der Waals surface area (Å²) < 4.78 is 5.19. The summed E-state index contributed by atoms with van der Waals surface area (Å²) in [5.74, 6) is 5.60. The van der Waals surface area contributed by atoms with Gasteiger partial charge < -0.3 is 4.43 Å². The van der Waals surface area contributed by atoms with E-state index in [0.717, 1.165) is 11.8 Å². The van der Waals surface area contributed by atoms with Gasteiger partial charge in [0.05, 0.1) is 5.75 Å². The van der Waals surface area contributed by atoms with E-state index in [9.17, 15) is 9.59 Å². The molecule has 0 fully saturated rings. The van der Waals surface area contributed by atoms with E-state index >= 15 is 0 Å². The lowest BCUT2D eigenvalue weighted by molar-refractivity contribution is -0.133. The van der Waals surface area contributed by atoms with Crippen molar-refractivity contribution >= 4 is 31.2 Å².